The summed E-state index contributed by atoms with van der Waals surface area (Å²) in [5, 5.41) is 0. The molecule has 0 spiro atoms. The van der Waals surface area contributed by atoms with E-state index in [9.17, 15) is 0 Å². The summed E-state index contributed by atoms with van der Waals surface area (Å²) in [6, 6.07) is 17.8. The minimum Gasteiger partial charge on any atom is -0.497 e. The number of hydrogen-bond acceptors (Lipinski definition) is 3. The summed E-state index contributed by atoms with van der Waals surface area (Å²) in [7, 11) is 1.75. The van der Waals surface area contributed by atoms with Crippen LogP contribution in [0.4, 0.5) is 0 Å². The van der Waals surface area contributed by atoms with Crippen LogP contribution in [0.2, 0.25) is 0 Å². The smallest absolute Gasteiger partial charge is 0.119 e. The highest BCUT2D eigenvalue weighted by Crippen LogP contribution is 2.37. The van der Waals surface area contributed by atoms with E-state index >= 15 is 0 Å². The molecule has 1 aliphatic carbocycles. The summed E-state index contributed by atoms with van der Waals surface area (Å²) in [4.78, 5) is 2.60. The molecule has 24 heavy (non-hydrogen) atoms. The maximum Gasteiger partial charge on any atom is 0.119 e. The summed E-state index contributed by atoms with van der Waals surface area (Å²) in [6.45, 7) is 2.75. The van der Waals surface area contributed by atoms with Crippen molar-refractivity contribution in [1.82, 2.24) is 4.90 Å². The third-order valence-electron chi connectivity index (χ3n) is 4.95. The number of aryl methyl sites for hydroxylation is 1. The Labute approximate surface area is 145 Å². The lowest BCUT2D eigenvalue weighted by atomic mass is 9.86. The van der Waals surface area contributed by atoms with Crippen molar-refractivity contribution in [2.45, 2.75) is 38.3 Å². The van der Waals surface area contributed by atoms with E-state index in [2.05, 4.69) is 53.4 Å². The molecule has 0 saturated carbocycles. The van der Waals surface area contributed by atoms with Crippen molar-refractivity contribution >= 4 is 0 Å². The third kappa shape index (κ3) is 3.97. The molecule has 2 aromatic carbocycles. The molecule has 3 rings (SSSR count). The molecule has 1 atom stereocenters. The Kier molecular flexibility index (Phi) is 5.89. The molecular formula is C21H28N2O. The highest BCUT2D eigenvalue weighted by atomic mass is 16.5. The Hall–Kier alpha value is -1.84. The first kappa shape index (κ1) is 17.0. The molecule has 1 aliphatic rings. The molecule has 0 aliphatic heterocycles. The molecule has 0 aromatic heterocycles. The van der Waals surface area contributed by atoms with Gasteiger partial charge in [-0.25, -0.2) is 0 Å². The van der Waals surface area contributed by atoms with Crippen molar-refractivity contribution in [2.75, 3.05) is 20.2 Å². The van der Waals surface area contributed by atoms with Gasteiger partial charge in [-0.3, -0.25) is 4.90 Å². The van der Waals surface area contributed by atoms with Gasteiger partial charge in [0.25, 0.3) is 0 Å². The molecule has 1 unspecified atom stereocenters. The van der Waals surface area contributed by atoms with E-state index in [1.165, 1.54) is 36.0 Å². The molecule has 2 N–H and O–H groups in total. The highest BCUT2D eigenvalue weighted by Gasteiger charge is 2.26. The van der Waals surface area contributed by atoms with E-state index < -0.39 is 0 Å². The van der Waals surface area contributed by atoms with Crippen LogP contribution in [0.25, 0.3) is 0 Å². The van der Waals surface area contributed by atoms with Crippen LogP contribution in [0.5, 0.6) is 5.75 Å². The third-order valence-corrected chi connectivity index (χ3v) is 4.95. The van der Waals surface area contributed by atoms with Gasteiger partial charge >= 0.3 is 0 Å². The Morgan fingerprint density at radius 1 is 1.17 bits per heavy atom. The van der Waals surface area contributed by atoms with E-state index in [-0.39, 0.29) is 0 Å². The van der Waals surface area contributed by atoms with Gasteiger partial charge in [-0.2, -0.15) is 0 Å². The van der Waals surface area contributed by atoms with Crippen molar-refractivity contribution in [3.05, 3.63) is 65.2 Å². The lowest BCUT2D eigenvalue weighted by molar-refractivity contribution is 0.168. The molecule has 128 valence electrons. The van der Waals surface area contributed by atoms with Crippen LogP contribution in [0.15, 0.2) is 48.5 Å². The molecule has 2 aromatic rings. The fourth-order valence-corrected chi connectivity index (χ4v) is 3.72. The lowest BCUT2D eigenvalue weighted by Crippen LogP contribution is -2.32. The van der Waals surface area contributed by atoms with Gasteiger partial charge < -0.3 is 10.5 Å². The van der Waals surface area contributed by atoms with Crippen LogP contribution in [-0.2, 0) is 13.0 Å². The zero-order valence-corrected chi connectivity index (χ0v) is 14.6. The average Bonchev–Trinajstić information content (AvgIpc) is 2.65. The number of benzene rings is 2. The minimum atomic E-state index is 0.454. The van der Waals surface area contributed by atoms with Crippen molar-refractivity contribution in [3.8, 4) is 5.75 Å². The first-order valence-corrected chi connectivity index (χ1v) is 8.96. The summed E-state index contributed by atoms with van der Waals surface area (Å²) < 4.78 is 5.47. The Balaban J connectivity index is 1.87. The van der Waals surface area contributed by atoms with E-state index in [1.54, 1.807) is 7.11 Å². The fraction of sp³-hybridized carbons (Fsp3) is 0.429. The SMILES string of the molecule is COc1ccc2c(c1)C(N(CCCN)Cc1ccccc1)CCC2. The maximum absolute atomic E-state index is 5.79. The van der Waals surface area contributed by atoms with Crippen LogP contribution in [0, 0.1) is 0 Å². The van der Waals surface area contributed by atoms with Gasteiger partial charge in [-0.1, -0.05) is 36.4 Å². The van der Waals surface area contributed by atoms with Crippen LogP contribution in [-0.4, -0.2) is 25.1 Å². The van der Waals surface area contributed by atoms with E-state index in [0.29, 0.717) is 6.04 Å². The van der Waals surface area contributed by atoms with E-state index in [4.69, 9.17) is 10.5 Å². The standard InChI is InChI=1S/C21H28N2O/c1-24-19-12-11-18-9-5-10-21(20(18)15-19)23(14-6-13-22)16-17-7-3-2-4-8-17/h2-4,7-8,11-12,15,21H,5-6,9-10,13-14,16,22H2,1H3. The molecule has 0 saturated heterocycles. The van der Waals surface area contributed by atoms with Gasteiger partial charge in [0.1, 0.15) is 5.75 Å². The van der Waals surface area contributed by atoms with E-state index in [0.717, 1.165) is 31.8 Å². The number of methoxy groups -OCH3 is 1. The molecule has 0 radical (unpaired) electrons. The largest absolute Gasteiger partial charge is 0.497 e. The molecule has 3 nitrogen and oxygen atoms in total. The summed E-state index contributed by atoms with van der Waals surface area (Å²) in [6.07, 6.45) is 4.66. The lowest BCUT2D eigenvalue weighted by Gasteiger charge is -2.36. The van der Waals surface area contributed by atoms with Crippen molar-refractivity contribution < 1.29 is 4.74 Å². The van der Waals surface area contributed by atoms with Gasteiger partial charge in [0, 0.05) is 19.1 Å². The summed E-state index contributed by atoms with van der Waals surface area (Å²) >= 11 is 0. The summed E-state index contributed by atoms with van der Waals surface area (Å²) in [5.41, 5.74) is 10.1. The Morgan fingerprint density at radius 2 is 2.00 bits per heavy atom. The fourth-order valence-electron chi connectivity index (χ4n) is 3.72. The van der Waals surface area contributed by atoms with Gasteiger partial charge in [-0.15, -0.1) is 0 Å². The summed E-state index contributed by atoms with van der Waals surface area (Å²) in [5.74, 6) is 0.958. The quantitative estimate of drug-likeness (QED) is 0.839. The molecule has 3 heteroatoms. The Bertz CT molecular complexity index is 642. The number of hydrogen-bond donors (Lipinski definition) is 1. The van der Waals surface area contributed by atoms with Gasteiger partial charge in [0.05, 0.1) is 7.11 Å². The zero-order chi connectivity index (χ0) is 16.8. The molecule has 0 bridgehead atoms. The van der Waals surface area contributed by atoms with Crippen molar-refractivity contribution in [3.63, 3.8) is 0 Å². The maximum atomic E-state index is 5.79. The number of fused-ring (bicyclic) bond motifs is 1. The normalized spacial score (nSPS) is 16.9. The predicted molar refractivity (Wildman–Crippen MR) is 99.2 cm³/mol. The number of ether oxygens (including phenoxy) is 1. The first-order valence-electron chi connectivity index (χ1n) is 8.96. The number of nitrogens with two attached hydrogens (primary N) is 1. The molecule has 0 amide bonds. The minimum absolute atomic E-state index is 0.454. The predicted octanol–water partition coefficient (Wildman–Crippen LogP) is 3.92. The second kappa shape index (κ2) is 8.32. The Morgan fingerprint density at radius 3 is 2.75 bits per heavy atom. The average molecular weight is 324 g/mol. The topological polar surface area (TPSA) is 38.5 Å². The second-order valence-electron chi connectivity index (χ2n) is 6.57. The van der Waals surface area contributed by atoms with Crippen LogP contribution in [0.1, 0.15) is 42.0 Å². The van der Waals surface area contributed by atoms with Crippen LogP contribution < -0.4 is 10.5 Å². The van der Waals surface area contributed by atoms with Gasteiger partial charge in [0.2, 0.25) is 0 Å². The van der Waals surface area contributed by atoms with Crippen LogP contribution in [0.3, 0.4) is 0 Å². The van der Waals surface area contributed by atoms with Crippen molar-refractivity contribution in [1.29, 1.82) is 0 Å². The van der Waals surface area contributed by atoms with Crippen LogP contribution >= 0.6 is 0 Å². The second-order valence-corrected chi connectivity index (χ2v) is 6.57. The van der Waals surface area contributed by atoms with E-state index in [1.807, 2.05) is 0 Å². The zero-order valence-electron chi connectivity index (χ0n) is 14.6. The van der Waals surface area contributed by atoms with Crippen molar-refractivity contribution in [2.24, 2.45) is 5.73 Å². The molecular weight excluding hydrogens is 296 g/mol. The van der Waals surface area contributed by atoms with Gasteiger partial charge in [0.15, 0.2) is 0 Å². The first-order chi connectivity index (χ1) is 11.8. The van der Waals surface area contributed by atoms with Gasteiger partial charge in [-0.05, 0) is 61.1 Å². The molecule has 0 fully saturated rings. The monoisotopic (exact) mass is 324 g/mol. The highest BCUT2D eigenvalue weighted by molar-refractivity contribution is 5.39. The number of rotatable bonds is 7. The number of nitrogens with zero attached hydrogens (tertiary/aromatic N) is 1. The molecule has 0 heterocycles.